The topological polar surface area (TPSA) is 50.8 Å². The van der Waals surface area contributed by atoms with Crippen LogP contribution in [0.4, 0.5) is 11.4 Å². The zero-order valence-electron chi connectivity index (χ0n) is 18.5. The van der Waals surface area contributed by atoms with Crippen LogP contribution < -0.4 is 10.2 Å². The van der Waals surface area contributed by atoms with Crippen molar-refractivity contribution in [2.75, 3.05) is 43.1 Å². The summed E-state index contributed by atoms with van der Waals surface area (Å²) >= 11 is 0. The SMILES string of the molecule is CCOC(=O)c1ccc2c(c1)CC(C)(C)C(c1cc(C)cc(N3CCOCC3)c1)N2. The minimum Gasteiger partial charge on any atom is -0.462 e. The zero-order valence-corrected chi connectivity index (χ0v) is 18.5. The van der Waals surface area contributed by atoms with Gasteiger partial charge in [0, 0.05) is 24.5 Å². The lowest BCUT2D eigenvalue weighted by Crippen LogP contribution is -2.37. The third-order valence-corrected chi connectivity index (χ3v) is 6.14. The van der Waals surface area contributed by atoms with Crippen molar-refractivity contribution < 1.29 is 14.3 Å². The van der Waals surface area contributed by atoms with Crippen LogP contribution in [0.1, 0.15) is 53.9 Å². The number of hydrogen-bond acceptors (Lipinski definition) is 5. The normalized spacial score (nSPS) is 20.3. The van der Waals surface area contributed by atoms with Crippen molar-refractivity contribution in [3.8, 4) is 0 Å². The molecule has 0 aliphatic carbocycles. The molecule has 1 saturated heterocycles. The molecule has 0 saturated carbocycles. The lowest BCUT2D eigenvalue weighted by Gasteiger charge is -2.42. The van der Waals surface area contributed by atoms with Gasteiger partial charge in [-0.15, -0.1) is 0 Å². The van der Waals surface area contributed by atoms with Crippen LogP contribution in [-0.2, 0) is 15.9 Å². The van der Waals surface area contributed by atoms with E-state index in [-0.39, 0.29) is 17.4 Å². The Morgan fingerprint density at radius 3 is 2.70 bits per heavy atom. The minimum atomic E-state index is -0.255. The minimum absolute atomic E-state index is 0.00361. The van der Waals surface area contributed by atoms with Gasteiger partial charge in [-0.1, -0.05) is 19.9 Å². The molecule has 2 aromatic carbocycles. The van der Waals surface area contributed by atoms with Crippen molar-refractivity contribution in [3.63, 3.8) is 0 Å². The molecule has 2 aromatic rings. The van der Waals surface area contributed by atoms with Crippen LogP contribution >= 0.6 is 0 Å². The maximum Gasteiger partial charge on any atom is 0.338 e. The number of fused-ring (bicyclic) bond motifs is 1. The number of morpholine rings is 1. The van der Waals surface area contributed by atoms with E-state index in [1.807, 2.05) is 25.1 Å². The highest BCUT2D eigenvalue weighted by molar-refractivity contribution is 5.90. The molecule has 0 spiro atoms. The maximum atomic E-state index is 12.1. The highest BCUT2D eigenvalue weighted by atomic mass is 16.5. The van der Waals surface area contributed by atoms with Crippen LogP contribution in [0, 0.1) is 12.3 Å². The Morgan fingerprint density at radius 2 is 1.97 bits per heavy atom. The number of aryl methyl sites for hydroxylation is 1. The van der Waals surface area contributed by atoms with E-state index in [4.69, 9.17) is 9.47 Å². The van der Waals surface area contributed by atoms with Gasteiger partial charge in [0.25, 0.3) is 0 Å². The van der Waals surface area contributed by atoms with E-state index in [2.05, 4.69) is 49.2 Å². The number of carbonyl (C=O) groups excluding carboxylic acids is 1. The van der Waals surface area contributed by atoms with Crippen molar-refractivity contribution in [3.05, 3.63) is 58.7 Å². The Kier molecular flexibility index (Phi) is 5.74. The first kappa shape index (κ1) is 20.7. The lowest BCUT2D eigenvalue weighted by molar-refractivity contribution is 0.0526. The summed E-state index contributed by atoms with van der Waals surface area (Å²) in [7, 11) is 0. The van der Waals surface area contributed by atoms with Crippen molar-refractivity contribution in [1.82, 2.24) is 0 Å². The quantitative estimate of drug-likeness (QED) is 0.741. The molecule has 5 nitrogen and oxygen atoms in total. The molecular formula is C25H32N2O3. The Hall–Kier alpha value is -2.53. The highest BCUT2D eigenvalue weighted by Gasteiger charge is 2.36. The lowest BCUT2D eigenvalue weighted by atomic mass is 9.72. The van der Waals surface area contributed by atoms with Gasteiger partial charge in [0.2, 0.25) is 0 Å². The molecule has 0 radical (unpaired) electrons. The first-order valence-electron chi connectivity index (χ1n) is 10.9. The maximum absolute atomic E-state index is 12.1. The van der Waals surface area contributed by atoms with Gasteiger partial charge in [0.05, 0.1) is 31.4 Å². The van der Waals surface area contributed by atoms with E-state index in [1.165, 1.54) is 22.4 Å². The Labute approximate surface area is 179 Å². The predicted octanol–water partition coefficient (Wildman–Crippen LogP) is 4.74. The molecule has 1 fully saturated rings. The number of nitrogens with zero attached hydrogens (tertiary/aromatic N) is 1. The van der Waals surface area contributed by atoms with Crippen LogP contribution in [0.15, 0.2) is 36.4 Å². The third kappa shape index (κ3) is 4.17. The summed E-state index contributed by atoms with van der Waals surface area (Å²) in [6.07, 6.45) is 0.897. The number of anilines is 2. The Bertz CT molecular complexity index is 932. The smallest absolute Gasteiger partial charge is 0.338 e. The molecule has 0 amide bonds. The van der Waals surface area contributed by atoms with Gasteiger partial charge in [-0.2, -0.15) is 0 Å². The van der Waals surface area contributed by atoms with Gasteiger partial charge < -0.3 is 19.7 Å². The van der Waals surface area contributed by atoms with Crippen LogP contribution in [0.25, 0.3) is 0 Å². The van der Waals surface area contributed by atoms with Crippen molar-refractivity contribution in [1.29, 1.82) is 0 Å². The number of esters is 1. The van der Waals surface area contributed by atoms with E-state index in [1.54, 1.807) is 0 Å². The predicted molar refractivity (Wildman–Crippen MR) is 120 cm³/mol. The summed E-state index contributed by atoms with van der Waals surface area (Å²) in [5, 5.41) is 3.76. The van der Waals surface area contributed by atoms with Gasteiger partial charge in [-0.3, -0.25) is 0 Å². The molecule has 160 valence electrons. The van der Waals surface area contributed by atoms with Gasteiger partial charge in [-0.05, 0) is 72.7 Å². The average molecular weight is 409 g/mol. The first-order chi connectivity index (χ1) is 14.4. The number of benzene rings is 2. The molecule has 2 heterocycles. The molecule has 5 heteroatoms. The second-order valence-corrected chi connectivity index (χ2v) is 9.04. The van der Waals surface area contributed by atoms with Crippen molar-refractivity contribution in [2.45, 2.75) is 40.2 Å². The van der Waals surface area contributed by atoms with Crippen LogP contribution in [0.3, 0.4) is 0 Å². The molecule has 0 bridgehead atoms. The second kappa shape index (κ2) is 8.31. The highest BCUT2D eigenvalue weighted by Crippen LogP contribution is 2.45. The zero-order chi connectivity index (χ0) is 21.3. The Morgan fingerprint density at radius 1 is 1.20 bits per heavy atom. The molecule has 1 N–H and O–H groups in total. The fraction of sp³-hybridized carbons (Fsp3) is 0.480. The second-order valence-electron chi connectivity index (χ2n) is 9.04. The number of ether oxygens (including phenoxy) is 2. The molecule has 2 aliphatic heterocycles. The molecule has 0 aromatic heterocycles. The van der Waals surface area contributed by atoms with Gasteiger partial charge in [-0.25, -0.2) is 4.79 Å². The summed E-state index contributed by atoms with van der Waals surface area (Å²) in [6, 6.07) is 12.9. The molecule has 1 unspecified atom stereocenters. The van der Waals surface area contributed by atoms with Gasteiger partial charge in [0.1, 0.15) is 0 Å². The van der Waals surface area contributed by atoms with E-state index in [9.17, 15) is 4.79 Å². The number of hydrogen-bond donors (Lipinski definition) is 1. The van der Waals surface area contributed by atoms with E-state index in [0.29, 0.717) is 12.2 Å². The summed E-state index contributed by atoms with van der Waals surface area (Å²) in [5.41, 5.74) is 6.74. The summed E-state index contributed by atoms with van der Waals surface area (Å²) in [6.45, 7) is 12.4. The largest absolute Gasteiger partial charge is 0.462 e. The monoisotopic (exact) mass is 408 g/mol. The summed E-state index contributed by atoms with van der Waals surface area (Å²) < 4.78 is 10.7. The summed E-state index contributed by atoms with van der Waals surface area (Å²) in [5.74, 6) is -0.255. The summed E-state index contributed by atoms with van der Waals surface area (Å²) in [4.78, 5) is 14.6. The van der Waals surface area contributed by atoms with Crippen LogP contribution in [0.5, 0.6) is 0 Å². The Balaban J connectivity index is 1.64. The standard InChI is InChI=1S/C25H32N2O3/c1-5-30-24(28)18-6-7-22-20(14-18)16-25(3,4)23(26-22)19-12-17(2)13-21(15-19)27-8-10-29-11-9-27/h6-7,12-15,23,26H,5,8-11,16H2,1-4H3. The molecule has 4 rings (SSSR count). The van der Waals surface area contributed by atoms with E-state index < -0.39 is 0 Å². The fourth-order valence-corrected chi connectivity index (χ4v) is 4.66. The van der Waals surface area contributed by atoms with Crippen molar-refractivity contribution >= 4 is 17.3 Å². The van der Waals surface area contributed by atoms with E-state index in [0.717, 1.165) is 38.4 Å². The molecule has 1 atom stereocenters. The van der Waals surface area contributed by atoms with Crippen LogP contribution in [-0.4, -0.2) is 38.9 Å². The third-order valence-electron chi connectivity index (χ3n) is 6.14. The van der Waals surface area contributed by atoms with Crippen LogP contribution in [0.2, 0.25) is 0 Å². The van der Waals surface area contributed by atoms with Crippen molar-refractivity contribution in [2.24, 2.45) is 5.41 Å². The fourth-order valence-electron chi connectivity index (χ4n) is 4.66. The molecule has 30 heavy (non-hydrogen) atoms. The molecular weight excluding hydrogens is 376 g/mol. The van der Waals surface area contributed by atoms with E-state index >= 15 is 0 Å². The first-order valence-corrected chi connectivity index (χ1v) is 10.9. The number of carbonyl (C=O) groups is 1. The van der Waals surface area contributed by atoms with Gasteiger partial charge in [0.15, 0.2) is 0 Å². The number of nitrogens with one attached hydrogen (secondary N) is 1. The number of rotatable bonds is 4. The average Bonchev–Trinajstić information content (AvgIpc) is 2.72. The molecule has 2 aliphatic rings. The van der Waals surface area contributed by atoms with Gasteiger partial charge >= 0.3 is 5.97 Å².